The smallest absolute Gasteiger partial charge is 0.163 e. The fourth-order valence-electron chi connectivity index (χ4n) is 3.48. The summed E-state index contributed by atoms with van der Waals surface area (Å²) in [6.45, 7) is 15.1. The van der Waals surface area contributed by atoms with Crippen molar-refractivity contribution in [2.45, 2.75) is 73.1 Å². The Labute approximate surface area is 202 Å². The maximum atomic E-state index is 5.40. The summed E-state index contributed by atoms with van der Waals surface area (Å²) in [5.41, 5.74) is 3.62. The molecule has 2 rings (SSSR count). The molecule has 0 spiro atoms. The van der Waals surface area contributed by atoms with Crippen LogP contribution in [-0.2, 0) is 17.3 Å². The maximum Gasteiger partial charge on any atom is 0.163 e. The third kappa shape index (κ3) is 7.76. The zero-order chi connectivity index (χ0) is 24.7. The lowest BCUT2D eigenvalue weighted by molar-refractivity contribution is 0.350. The van der Waals surface area contributed by atoms with E-state index in [1.165, 1.54) is 11.1 Å². The van der Waals surface area contributed by atoms with Gasteiger partial charge in [-0.1, -0.05) is 62.0 Å². The Morgan fingerprint density at radius 2 is 1.09 bits per heavy atom. The van der Waals surface area contributed by atoms with Gasteiger partial charge in [-0.05, 0) is 34.4 Å². The summed E-state index contributed by atoms with van der Waals surface area (Å²) in [4.78, 5) is 0. The molecule has 5 nitrogen and oxygen atoms in total. The quantitative estimate of drug-likeness (QED) is 0.454. The van der Waals surface area contributed by atoms with Crippen LogP contribution in [0.1, 0.15) is 72.6 Å². The number of ether oxygens (including phenoxy) is 5. The highest BCUT2D eigenvalue weighted by atomic mass is 16.5. The van der Waals surface area contributed by atoms with E-state index >= 15 is 0 Å². The zero-order valence-corrected chi connectivity index (χ0v) is 22.1. The monoisotopic (exact) mass is 462 g/mol. The topological polar surface area (TPSA) is 46.2 Å². The Morgan fingerprint density at radius 1 is 0.606 bits per heavy atom. The molecule has 0 saturated heterocycles. The highest BCUT2D eigenvalue weighted by Crippen LogP contribution is 2.41. The van der Waals surface area contributed by atoms with Crippen molar-refractivity contribution in [3.8, 4) is 28.7 Å². The van der Waals surface area contributed by atoms with Crippen molar-refractivity contribution in [2.75, 3.05) is 35.5 Å². The van der Waals surface area contributed by atoms with Crippen LogP contribution in [0.25, 0.3) is 0 Å². The molecule has 0 aliphatic carbocycles. The molecule has 0 bridgehead atoms. The molecule has 5 heteroatoms. The number of aryl methyl sites for hydroxylation is 1. The first kappa shape index (κ1) is 30.4. The molecular weight excluding hydrogens is 416 g/mol. The summed E-state index contributed by atoms with van der Waals surface area (Å²) < 4.78 is 26.8. The Hall–Kier alpha value is -2.56. The van der Waals surface area contributed by atoms with Gasteiger partial charge in [-0.2, -0.15) is 0 Å². The van der Waals surface area contributed by atoms with E-state index in [0.717, 1.165) is 40.7 Å². The van der Waals surface area contributed by atoms with E-state index in [-0.39, 0.29) is 18.3 Å². The molecule has 0 saturated carbocycles. The van der Waals surface area contributed by atoms with E-state index in [4.69, 9.17) is 23.7 Å². The summed E-state index contributed by atoms with van der Waals surface area (Å²) in [5.74, 6) is 4.01. The van der Waals surface area contributed by atoms with E-state index in [2.05, 4.69) is 60.6 Å². The Kier molecular flexibility index (Phi) is 11.6. The largest absolute Gasteiger partial charge is 0.496 e. The van der Waals surface area contributed by atoms with E-state index < -0.39 is 0 Å². The molecule has 0 atom stereocenters. The number of hydrogen-bond donors (Lipinski definition) is 0. The molecular formula is C28H46O5. The highest BCUT2D eigenvalue weighted by molar-refractivity contribution is 5.54. The van der Waals surface area contributed by atoms with Gasteiger partial charge in [0.25, 0.3) is 0 Å². The lowest BCUT2D eigenvalue weighted by Crippen LogP contribution is -2.14. The Morgan fingerprint density at radius 3 is 1.39 bits per heavy atom. The minimum atomic E-state index is -0.0387. The predicted molar refractivity (Wildman–Crippen MR) is 139 cm³/mol. The van der Waals surface area contributed by atoms with Crippen molar-refractivity contribution >= 4 is 0 Å². The van der Waals surface area contributed by atoms with Gasteiger partial charge in [-0.3, -0.25) is 0 Å². The fraction of sp³-hybridized carbons (Fsp3) is 0.571. The van der Waals surface area contributed by atoms with Gasteiger partial charge in [0, 0.05) is 17.7 Å². The number of methoxy groups -OCH3 is 5. The SMILES string of the molecule is C.CCc1cc(C(C)(C)C)cc(OC)c1OC.COc1cc(OC)c(C(C)(C)C)c(OC)c1. The Bertz CT molecular complexity index is 823. The first-order chi connectivity index (χ1) is 14.9. The van der Waals surface area contributed by atoms with E-state index in [9.17, 15) is 0 Å². The number of rotatable bonds is 6. The summed E-state index contributed by atoms with van der Waals surface area (Å²) in [5, 5.41) is 0. The van der Waals surface area contributed by atoms with Crippen molar-refractivity contribution in [1.82, 2.24) is 0 Å². The Balaban J connectivity index is 0.000000602. The van der Waals surface area contributed by atoms with Gasteiger partial charge in [0.2, 0.25) is 0 Å². The lowest BCUT2D eigenvalue weighted by atomic mass is 9.85. The van der Waals surface area contributed by atoms with Crippen LogP contribution in [0.3, 0.4) is 0 Å². The normalized spacial score (nSPS) is 10.9. The fourth-order valence-corrected chi connectivity index (χ4v) is 3.48. The molecule has 0 amide bonds. The number of hydrogen-bond acceptors (Lipinski definition) is 5. The molecule has 0 N–H and O–H groups in total. The second-order valence-corrected chi connectivity index (χ2v) is 9.63. The van der Waals surface area contributed by atoms with Crippen molar-refractivity contribution in [3.63, 3.8) is 0 Å². The van der Waals surface area contributed by atoms with E-state index in [0.29, 0.717) is 0 Å². The van der Waals surface area contributed by atoms with Gasteiger partial charge >= 0.3 is 0 Å². The van der Waals surface area contributed by atoms with Crippen molar-refractivity contribution in [2.24, 2.45) is 0 Å². The molecule has 0 aromatic heterocycles. The maximum absolute atomic E-state index is 5.40. The molecule has 188 valence electrons. The molecule has 0 aliphatic heterocycles. The van der Waals surface area contributed by atoms with Gasteiger partial charge in [-0.25, -0.2) is 0 Å². The third-order valence-corrected chi connectivity index (χ3v) is 5.27. The highest BCUT2D eigenvalue weighted by Gasteiger charge is 2.25. The van der Waals surface area contributed by atoms with Crippen molar-refractivity contribution < 1.29 is 23.7 Å². The van der Waals surface area contributed by atoms with Crippen LogP contribution in [0, 0.1) is 0 Å². The summed E-state index contributed by atoms with van der Waals surface area (Å²) in [6.07, 6.45) is 0.948. The number of benzene rings is 2. The molecule has 0 aliphatic rings. The average molecular weight is 463 g/mol. The van der Waals surface area contributed by atoms with E-state index in [1.807, 2.05) is 12.1 Å². The van der Waals surface area contributed by atoms with Crippen molar-refractivity contribution in [3.05, 3.63) is 41.0 Å². The minimum Gasteiger partial charge on any atom is -0.496 e. The summed E-state index contributed by atoms with van der Waals surface area (Å²) >= 11 is 0. The molecule has 2 aromatic carbocycles. The predicted octanol–water partition coefficient (Wildman–Crippen LogP) is 7.21. The van der Waals surface area contributed by atoms with Gasteiger partial charge < -0.3 is 23.7 Å². The first-order valence-corrected chi connectivity index (χ1v) is 10.9. The second-order valence-electron chi connectivity index (χ2n) is 9.63. The third-order valence-electron chi connectivity index (χ3n) is 5.27. The van der Waals surface area contributed by atoms with Crippen LogP contribution in [-0.4, -0.2) is 35.5 Å². The van der Waals surface area contributed by atoms with Gasteiger partial charge in [0.15, 0.2) is 11.5 Å². The standard InChI is InChI=1S/C14H22O2.C13H20O3.CH4/c1-7-10-8-11(14(2,3)4)9-12(15-5)13(10)16-6;1-13(2,3)12-10(15-5)7-9(14-4)8-11(12)16-6;/h8-9H,7H2,1-6H3;7-8H,1-6H3;1H4. The zero-order valence-electron chi connectivity index (χ0n) is 22.1. The first-order valence-electron chi connectivity index (χ1n) is 10.9. The minimum absolute atomic E-state index is 0. The van der Waals surface area contributed by atoms with Crippen LogP contribution >= 0.6 is 0 Å². The second kappa shape index (κ2) is 12.6. The average Bonchev–Trinajstić information content (AvgIpc) is 2.75. The van der Waals surface area contributed by atoms with Crippen LogP contribution in [0.5, 0.6) is 28.7 Å². The molecule has 2 aromatic rings. The van der Waals surface area contributed by atoms with Crippen LogP contribution < -0.4 is 23.7 Å². The van der Waals surface area contributed by atoms with Crippen LogP contribution in [0.15, 0.2) is 24.3 Å². The van der Waals surface area contributed by atoms with Gasteiger partial charge in [0.05, 0.1) is 35.5 Å². The van der Waals surface area contributed by atoms with Gasteiger partial charge in [-0.15, -0.1) is 0 Å². The lowest BCUT2D eigenvalue weighted by Gasteiger charge is -2.25. The van der Waals surface area contributed by atoms with Crippen LogP contribution in [0.4, 0.5) is 0 Å². The summed E-state index contributed by atoms with van der Waals surface area (Å²) in [6, 6.07) is 8.03. The molecule has 0 unspecified atom stereocenters. The molecule has 0 heterocycles. The molecule has 33 heavy (non-hydrogen) atoms. The summed E-state index contributed by atoms with van der Waals surface area (Å²) in [7, 11) is 8.31. The molecule has 0 fully saturated rings. The van der Waals surface area contributed by atoms with Crippen molar-refractivity contribution in [1.29, 1.82) is 0 Å². The molecule has 0 radical (unpaired) electrons. The van der Waals surface area contributed by atoms with Gasteiger partial charge in [0.1, 0.15) is 17.2 Å². The van der Waals surface area contributed by atoms with Crippen LogP contribution in [0.2, 0.25) is 0 Å². The van der Waals surface area contributed by atoms with E-state index in [1.54, 1.807) is 35.5 Å².